The van der Waals surface area contributed by atoms with E-state index >= 15 is 0 Å². The van der Waals surface area contributed by atoms with E-state index in [2.05, 4.69) is 29.1 Å². The van der Waals surface area contributed by atoms with Gasteiger partial charge in [0, 0.05) is 13.7 Å². The molecule has 0 atom stereocenters. The van der Waals surface area contributed by atoms with Crippen molar-refractivity contribution in [1.29, 1.82) is 0 Å². The Bertz CT molecular complexity index is 542. The summed E-state index contributed by atoms with van der Waals surface area (Å²) in [5, 5.41) is 6.17. The van der Waals surface area contributed by atoms with Crippen LogP contribution in [-0.2, 0) is 16.1 Å². The first-order valence-electron chi connectivity index (χ1n) is 6.78. The van der Waals surface area contributed by atoms with Crippen molar-refractivity contribution in [1.82, 2.24) is 9.97 Å². The van der Waals surface area contributed by atoms with Crippen LogP contribution in [-0.4, -0.2) is 36.8 Å². The third-order valence-electron chi connectivity index (χ3n) is 2.66. The van der Waals surface area contributed by atoms with E-state index < -0.39 is 0 Å². The molecule has 0 aromatic carbocycles. The van der Waals surface area contributed by atoms with E-state index in [-0.39, 0.29) is 0 Å². The number of nitrogens with one attached hydrogen (secondary N) is 1. The standard InChI is InChI=1S/C14H21N3O2S/c1-10(2)8-18-5-6-19-9-12-16-13(15-3)11-4-7-20-14(11)17-12/h4,7,10H,5-6,8-9H2,1-3H3,(H,15,16,17). The maximum Gasteiger partial charge on any atom is 0.158 e. The molecule has 0 aliphatic rings. The zero-order chi connectivity index (χ0) is 14.4. The summed E-state index contributed by atoms with van der Waals surface area (Å²) >= 11 is 1.61. The summed E-state index contributed by atoms with van der Waals surface area (Å²) < 4.78 is 11.0. The van der Waals surface area contributed by atoms with Crippen molar-refractivity contribution in [2.75, 3.05) is 32.2 Å². The number of thiophene rings is 1. The molecular formula is C14H21N3O2S. The van der Waals surface area contributed by atoms with Crippen LogP contribution in [0.25, 0.3) is 10.2 Å². The van der Waals surface area contributed by atoms with Gasteiger partial charge in [-0.2, -0.15) is 0 Å². The molecule has 20 heavy (non-hydrogen) atoms. The Balaban J connectivity index is 1.84. The Labute approximate surface area is 123 Å². The molecule has 0 aliphatic heterocycles. The zero-order valence-electron chi connectivity index (χ0n) is 12.2. The zero-order valence-corrected chi connectivity index (χ0v) is 13.0. The fourth-order valence-electron chi connectivity index (χ4n) is 1.76. The third kappa shape index (κ3) is 4.13. The van der Waals surface area contributed by atoms with Gasteiger partial charge in [-0.3, -0.25) is 0 Å². The highest BCUT2D eigenvalue weighted by Gasteiger charge is 2.07. The number of aromatic nitrogens is 2. The molecule has 6 heteroatoms. The first-order valence-corrected chi connectivity index (χ1v) is 7.66. The first kappa shape index (κ1) is 15.2. The second-order valence-electron chi connectivity index (χ2n) is 4.90. The van der Waals surface area contributed by atoms with Crippen LogP contribution in [0.5, 0.6) is 0 Å². The van der Waals surface area contributed by atoms with E-state index in [0.29, 0.717) is 31.6 Å². The highest BCUT2D eigenvalue weighted by Crippen LogP contribution is 2.24. The number of fused-ring (bicyclic) bond motifs is 1. The summed E-state index contributed by atoms with van der Waals surface area (Å²) in [5.74, 6) is 2.11. The van der Waals surface area contributed by atoms with Crippen molar-refractivity contribution in [2.45, 2.75) is 20.5 Å². The molecule has 2 aromatic rings. The average Bonchev–Trinajstić information content (AvgIpc) is 2.89. The molecule has 0 radical (unpaired) electrons. The van der Waals surface area contributed by atoms with Crippen LogP contribution >= 0.6 is 11.3 Å². The van der Waals surface area contributed by atoms with E-state index in [1.165, 1.54) is 0 Å². The van der Waals surface area contributed by atoms with Gasteiger partial charge in [-0.05, 0) is 17.4 Å². The minimum atomic E-state index is 0.410. The molecule has 0 bridgehead atoms. The van der Waals surface area contributed by atoms with Gasteiger partial charge < -0.3 is 14.8 Å². The minimum Gasteiger partial charge on any atom is -0.379 e. The number of anilines is 1. The van der Waals surface area contributed by atoms with Gasteiger partial charge in [0.25, 0.3) is 0 Å². The molecule has 2 aromatic heterocycles. The fraction of sp³-hybridized carbons (Fsp3) is 0.571. The van der Waals surface area contributed by atoms with Crippen molar-refractivity contribution < 1.29 is 9.47 Å². The van der Waals surface area contributed by atoms with E-state index in [1.807, 2.05) is 18.5 Å². The van der Waals surface area contributed by atoms with Crippen molar-refractivity contribution in [2.24, 2.45) is 5.92 Å². The summed E-state index contributed by atoms with van der Waals surface area (Å²) in [6.07, 6.45) is 0. The lowest BCUT2D eigenvalue weighted by molar-refractivity contribution is 0.0296. The molecule has 0 aliphatic carbocycles. The van der Waals surface area contributed by atoms with Crippen molar-refractivity contribution in [3.8, 4) is 0 Å². The predicted molar refractivity (Wildman–Crippen MR) is 82.3 cm³/mol. The van der Waals surface area contributed by atoms with Gasteiger partial charge >= 0.3 is 0 Å². The highest BCUT2D eigenvalue weighted by molar-refractivity contribution is 7.16. The van der Waals surface area contributed by atoms with Crippen molar-refractivity contribution in [3.63, 3.8) is 0 Å². The Morgan fingerprint density at radius 3 is 2.80 bits per heavy atom. The molecule has 0 amide bonds. The van der Waals surface area contributed by atoms with Crippen LogP contribution in [0.3, 0.4) is 0 Å². The van der Waals surface area contributed by atoms with Crippen molar-refractivity contribution in [3.05, 3.63) is 17.3 Å². The summed E-state index contributed by atoms with van der Waals surface area (Å²) in [4.78, 5) is 9.93. The lowest BCUT2D eigenvalue weighted by atomic mass is 10.2. The second-order valence-corrected chi connectivity index (χ2v) is 5.79. The predicted octanol–water partition coefficient (Wildman–Crippen LogP) is 2.92. The maximum absolute atomic E-state index is 5.55. The summed E-state index contributed by atoms with van der Waals surface area (Å²) in [5.41, 5.74) is 0. The molecule has 0 saturated carbocycles. The monoisotopic (exact) mass is 295 g/mol. The van der Waals surface area contributed by atoms with Crippen molar-refractivity contribution >= 4 is 27.4 Å². The van der Waals surface area contributed by atoms with Gasteiger partial charge in [0.2, 0.25) is 0 Å². The molecule has 5 nitrogen and oxygen atoms in total. The number of nitrogens with zero attached hydrogens (tertiary/aromatic N) is 2. The average molecular weight is 295 g/mol. The SMILES string of the molecule is CNc1nc(COCCOCC(C)C)nc2sccc12. The molecule has 0 fully saturated rings. The number of hydrogen-bond donors (Lipinski definition) is 1. The Morgan fingerprint density at radius 2 is 2.05 bits per heavy atom. The maximum atomic E-state index is 5.55. The molecular weight excluding hydrogens is 274 g/mol. The molecule has 0 unspecified atom stereocenters. The van der Waals surface area contributed by atoms with Crippen LogP contribution < -0.4 is 5.32 Å². The third-order valence-corrected chi connectivity index (χ3v) is 3.47. The van der Waals surface area contributed by atoms with E-state index in [1.54, 1.807) is 11.3 Å². The molecule has 1 N–H and O–H groups in total. The van der Waals surface area contributed by atoms with Gasteiger partial charge in [-0.1, -0.05) is 13.8 Å². The van der Waals surface area contributed by atoms with E-state index in [0.717, 1.165) is 22.6 Å². The topological polar surface area (TPSA) is 56.3 Å². The molecule has 2 heterocycles. The van der Waals surface area contributed by atoms with Gasteiger partial charge in [0.15, 0.2) is 5.82 Å². The van der Waals surface area contributed by atoms with E-state index in [4.69, 9.17) is 9.47 Å². The Kier molecular flexibility index (Phi) is 5.70. The normalized spacial score (nSPS) is 11.4. The van der Waals surface area contributed by atoms with E-state index in [9.17, 15) is 0 Å². The van der Waals surface area contributed by atoms with Crippen LogP contribution in [0.15, 0.2) is 11.4 Å². The van der Waals surface area contributed by atoms with Gasteiger partial charge in [0.1, 0.15) is 17.3 Å². The second kappa shape index (κ2) is 7.52. The smallest absolute Gasteiger partial charge is 0.158 e. The van der Waals surface area contributed by atoms with Crippen LogP contribution in [0.1, 0.15) is 19.7 Å². The first-order chi connectivity index (χ1) is 9.70. The largest absolute Gasteiger partial charge is 0.379 e. The van der Waals surface area contributed by atoms with Crippen LogP contribution in [0, 0.1) is 5.92 Å². The summed E-state index contributed by atoms with van der Waals surface area (Å²) in [7, 11) is 1.86. The minimum absolute atomic E-state index is 0.410. The summed E-state index contributed by atoms with van der Waals surface area (Å²) in [6, 6.07) is 2.02. The Morgan fingerprint density at radius 1 is 1.25 bits per heavy atom. The van der Waals surface area contributed by atoms with Gasteiger partial charge in [0.05, 0.1) is 18.6 Å². The molecule has 0 saturated heterocycles. The van der Waals surface area contributed by atoms with Gasteiger partial charge in [-0.25, -0.2) is 9.97 Å². The summed E-state index contributed by atoms with van der Waals surface area (Å²) in [6.45, 7) is 6.61. The quantitative estimate of drug-likeness (QED) is 0.759. The molecule has 110 valence electrons. The van der Waals surface area contributed by atoms with Crippen LogP contribution in [0.2, 0.25) is 0 Å². The molecule has 0 spiro atoms. The Hall–Kier alpha value is -1.24. The lowest BCUT2D eigenvalue weighted by Crippen LogP contribution is -2.09. The molecule has 2 rings (SSSR count). The number of ether oxygens (including phenoxy) is 2. The fourth-order valence-corrected chi connectivity index (χ4v) is 2.54. The number of hydrogen-bond acceptors (Lipinski definition) is 6. The highest BCUT2D eigenvalue weighted by atomic mass is 32.1. The lowest BCUT2D eigenvalue weighted by Gasteiger charge is -2.08. The number of rotatable bonds is 8. The van der Waals surface area contributed by atoms with Crippen LogP contribution in [0.4, 0.5) is 5.82 Å². The van der Waals surface area contributed by atoms with Gasteiger partial charge in [-0.15, -0.1) is 11.3 Å².